The number of amides is 2. The molecule has 0 saturated heterocycles. The Morgan fingerprint density at radius 3 is 2.59 bits per heavy atom. The number of carbonyl (C=O) groups is 1. The second kappa shape index (κ2) is 6.93. The van der Waals surface area contributed by atoms with Crippen molar-refractivity contribution in [3.05, 3.63) is 59.4 Å². The van der Waals surface area contributed by atoms with Crippen LogP contribution in [0, 0.1) is 12.7 Å². The smallest absolute Gasteiger partial charge is 0.319 e. The van der Waals surface area contributed by atoms with Crippen molar-refractivity contribution in [1.29, 1.82) is 0 Å². The van der Waals surface area contributed by atoms with Gasteiger partial charge >= 0.3 is 6.03 Å². The minimum Gasteiger partial charge on any atom is -0.376 e. The van der Waals surface area contributed by atoms with Crippen LogP contribution in [0.3, 0.4) is 0 Å². The third-order valence-electron chi connectivity index (χ3n) is 3.31. The van der Waals surface area contributed by atoms with Gasteiger partial charge in [-0.2, -0.15) is 0 Å². The Kier molecular flexibility index (Phi) is 4.99. The average molecular weight is 301 g/mol. The van der Waals surface area contributed by atoms with E-state index >= 15 is 0 Å². The molecule has 0 aliphatic carbocycles. The minimum atomic E-state index is -0.295. The zero-order chi connectivity index (χ0) is 16.1. The molecule has 0 unspecified atom stereocenters. The fourth-order valence-electron chi connectivity index (χ4n) is 2.13. The van der Waals surface area contributed by atoms with Gasteiger partial charge < -0.3 is 15.5 Å². The van der Waals surface area contributed by atoms with Crippen molar-refractivity contribution in [2.75, 3.05) is 24.3 Å². The first-order valence-electron chi connectivity index (χ1n) is 7.03. The van der Waals surface area contributed by atoms with Gasteiger partial charge in [-0.1, -0.05) is 24.3 Å². The second-order valence-electron chi connectivity index (χ2n) is 5.30. The van der Waals surface area contributed by atoms with Gasteiger partial charge in [0.05, 0.1) is 11.4 Å². The lowest BCUT2D eigenvalue weighted by molar-refractivity contribution is 0.251. The molecule has 2 aromatic rings. The van der Waals surface area contributed by atoms with Crippen LogP contribution in [0.4, 0.5) is 20.6 Å². The number of halogens is 1. The van der Waals surface area contributed by atoms with Crippen molar-refractivity contribution in [2.45, 2.75) is 13.5 Å². The van der Waals surface area contributed by atoms with Crippen LogP contribution >= 0.6 is 0 Å². The van der Waals surface area contributed by atoms with Crippen LogP contribution in [0.15, 0.2) is 42.5 Å². The average Bonchev–Trinajstić information content (AvgIpc) is 2.49. The normalized spacial score (nSPS) is 10.2. The van der Waals surface area contributed by atoms with Crippen LogP contribution in [0.2, 0.25) is 0 Å². The van der Waals surface area contributed by atoms with Crippen molar-refractivity contribution in [2.24, 2.45) is 0 Å². The molecule has 0 fully saturated rings. The lowest BCUT2D eigenvalue weighted by Crippen LogP contribution is -2.29. The summed E-state index contributed by atoms with van der Waals surface area (Å²) in [6.07, 6.45) is 0. The molecule has 116 valence electrons. The molecule has 2 amide bonds. The number of hydrogen-bond donors (Lipinski definition) is 2. The third-order valence-corrected chi connectivity index (χ3v) is 3.31. The van der Waals surface area contributed by atoms with Gasteiger partial charge in [-0.15, -0.1) is 0 Å². The van der Waals surface area contributed by atoms with Gasteiger partial charge in [0.2, 0.25) is 0 Å². The molecule has 2 aromatic carbocycles. The molecular weight excluding hydrogens is 281 g/mol. The predicted octanol–water partition coefficient (Wildman–Crippen LogP) is 3.52. The third kappa shape index (κ3) is 3.97. The lowest BCUT2D eigenvalue weighted by atomic mass is 10.1. The highest BCUT2D eigenvalue weighted by Crippen LogP contribution is 2.23. The summed E-state index contributed by atoms with van der Waals surface area (Å²) in [4.78, 5) is 13.9. The summed E-state index contributed by atoms with van der Waals surface area (Å²) in [6, 6.07) is 12.1. The molecular formula is C17H20FN3O. The van der Waals surface area contributed by atoms with Crippen LogP contribution in [0.1, 0.15) is 11.1 Å². The molecule has 0 aliphatic heterocycles. The molecule has 2 N–H and O–H groups in total. The van der Waals surface area contributed by atoms with Crippen LogP contribution in [0.5, 0.6) is 0 Å². The molecule has 0 saturated carbocycles. The van der Waals surface area contributed by atoms with Crippen LogP contribution < -0.4 is 15.5 Å². The highest BCUT2D eigenvalue weighted by atomic mass is 19.1. The summed E-state index contributed by atoms with van der Waals surface area (Å²) < 4.78 is 13.2. The van der Waals surface area contributed by atoms with Crippen molar-refractivity contribution >= 4 is 17.4 Å². The van der Waals surface area contributed by atoms with E-state index < -0.39 is 0 Å². The van der Waals surface area contributed by atoms with Gasteiger partial charge in [0.25, 0.3) is 0 Å². The van der Waals surface area contributed by atoms with E-state index in [0.29, 0.717) is 12.1 Å². The zero-order valence-corrected chi connectivity index (χ0v) is 13.0. The van der Waals surface area contributed by atoms with Gasteiger partial charge in [-0.3, -0.25) is 0 Å². The zero-order valence-electron chi connectivity index (χ0n) is 13.0. The highest BCUT2D eigenvalue weighted by Gasteiger charge is 2.07. The summed E-state index contributed by atoms with van der Waals surface area (Å²) in [5.41, 5.74) is 3.09. The first-order valence-corrected chi connectivity index (χ1v) is 7.03. The standard InChI is InChI=1S/C17H20FN3O/c1-12-10-13(8-9-14(12)18)11-19-17(22)20-15-6-4-5-7-16(15)21(2)3/h4-10H,11H2,1-3H3,(H2,19,20,22). The quantitative estimate of drug-likeness (QED) is 0.907. The molecule has 2 rings (SSSR count). The van der Waals surface area contributed by atoms with E-state index in [0.717, 1.165) is 16.9 Å². The Hall–Kier alpha value is -2.56. The van der Waals surface area contributed by atoms with E-state index in [1.807, 2.05) is 43.3 Å². The monoisotopic (exact) mass is 301 g/mol. The maximum Gasteiger partial charge on any atom is 0.319 e. The SMILES string of the molecule is Cc1cc(CNC(=O)Nc2ccccc2N(C)C)ccc1F. The number of carbonyl (C=O) groups excluding carboxylic acids is 1. The summed E-state index contributed by atoms with van der Waals surface area (Å²) >= 11 is 0. The van der Waals surface area contributed by atoms with Gasteiger partial charge in [0.1, 0.15) is 5.82 Å². The number of para-hydroxylation sites is 2. The van der Waals surface area contributed by atoms with Gasteiger partial charge in [0, 0.05) is 20.6 Å². The number of nitrogens with zero attached hydrogens (tertiary/aromatic N) is 1. The summed E-state index contributed by atoms with van der Waals surface area (Å²) in [5.74, 6) is -0.242. The highest BCUT2D eigenvalue weighted by molar-refractivity contribution is 5.93. The number of anilines is 2. The van der Waals surface area contributed by atoms with Crippen molar-refractivity contribution < 1.29 is 9.18 Å². The summed E-state index contributed by atoms with van der Waals surface area (Å²) in [5, 5.41) is 5.59. The number of benzene rings is 2. The van der Waals surface area contributed by atoms with Crippen LogP contribution in [-0.4, -0.2) is 20.1 Å². The molecule has 0 heterocycles. The molecule has 5 heteroatoms. The summed E-state index contributed by atoms with van der Waals surface area (Å²) in [6.45, 7) is 2.04. The number of nitrogens with one attached hydrogen (secondary N) is 2. The molecule has 0 aliphatic rings. The van der Waals surface area contributed by atoms with Crippen LogP contribution in [0.25, 0.3) is 0 Å². The Morgan fingerprint density at radius 2 is 1.91 bits per heavy atom. The molecule has 4 nitrogen and oxygen atoms in total. The second-order valence-corrected chi connectivity index (χ2v) is 5.30. The largest absolute Gasteiger partial charge is 0.376 e. The summed E-state index contributed by atoms with van der Waals surface area (Å²) in [7, 11) is 3.83. The first-order chi connectivity index (χ1) is 10.5. The predicted molar refractivity (Wildman–Crippen MR) is 87.8 cm³/mol. The Morgan fingerprint density at radius 1 is 1.18 bits per heavy atom. The maximum absolute atomic E-state index is 13.2. The van der Waals surface area contributed by atoms with E-state index in [4.69, 9.17) is 0 Å². The van der Waals surface area contributed by atoms with Gasteiger partial charge in [-0.25, -0.2) is 9.18 Å². The van der Waals surface area contributed by atoms with Gasteiger partial charge in [0.15, 0.2) is 0 Å². The van der Waals surface area contributed by atoms with E-state index in [9.17, 15) is 9.18 Å². The number of hydrogen-bond acceptors (Lipinski definition) is 2. The molecule has 0 bridgehead atoms. The topological polar surface area (TPSA) is 44.4 Å². The van der Waals surface area contributed by atoms with E-state index in [1.165, 1.54) is 6.07 Å². The minimum absolute atomic E-state index is 0.242. The van der Waals surface area contributed by atoms with E-state index in [2.05, 4.69) is 10.6 Å². The fourth-order valence-corrected chi connectivity index (χ4v) is 2.13. The fraction of sp³-hybridized carbons (Fsp3) is 0.235. The Balaban J connectivity index is 1.97. The maximum atomic E-state index is 13.2. The lowest BCUT2D eigenvalue weighted by Gasteiger charge is -2.18. The van der Waals surface area contributed by atoms with Crippen LogP contribution in [-0.2, 0) is 6.54 Å². The molecule has 0 aromatic heterocycles. The van der Waals surface area contributed by atoms with E-state index in [-0.39, 0.29) is 11.8 Å². The molecule has 0 radical (unpaired) electrons. The van der Waals surface area contributed by atoms with Crippen molar-refractivity contribution in [1.82, 2.24) is 5.32 Å². The first kappa shape index (κ1) is 15.8. The number of rotatable bonds is 4. The Labute approximate surface area is 129 Å². The van der Waals surface area contributed by atoms with E-state index in [1.54, 1.807) is 19.1 Å². The Bertz CT molecular complexity index is 671. The number of urea groups is 1. The number of aryl methyl sites for hydroxylation is 1. The van der Waals surface area contributed by atoms with Crippen molar-refractivity contribution in [3.8, 4) is 0 Å². The molecule has 22 heavy (non-hydrogen) atoms. The molecule has 0 atom stereocenters. The van der Waals surface area contributed by atoms with Crippen molar-refractivity contribution in [3.63, 3.8) is 0 Å². The molecule has 0 spiro atoms. The van der Waals surface area contributed by atoms with Gasteiger partial charge in [-0.05, 0) is 36.2 Å².